The van der Waals surface area contributed by atoms with Crippen LogP contribution in [-0.4, -0.2) is 43.7 Å². The van der Waals surface area contributed by atoms with Crippen LogP contribution in [-0.2, 0) is 6.42 Å². The molecule has 1 aliphatic heterocycles. The fourth-order valence-corrected chi connectivity index (χ4v) is 3.04. The molecule has 1 heterocycles. The Hall–Kier alpha value is -2.70. The first-order valence-corrected chi connectivity index (χ1v) is 8.51. The zero-order valence-electron chi connectivity index (χ0n) is 14.2. The van der Waals surface area contributed by atoms with Crippen LogP contribution in [0, 0.1) is 17.5 Å². The molecule has 3 rings (SSSR count). The lowest BCUT2D eigenvalue weighted by molar-refractivity contribution is 0.194. The molecule has 2 aromatic carbocycles. The first kappa shape index (κ1) is 18.1. The van der Waals surface area contributed by atoms with Gasteiger partial charge in [-0.1, -0.05) is 24.3 Å². The van der Waals surface area contributed by atoms with Crippen LogP contribution in [0.25, 0.3) is 0 Å². The molecule has 26 heavy (non-hydrogen) atoms. The molecule has 138 valence electrons. The summed E-state index contributed by atoms with van der Waals surface area (Å²) in [6, 6.07) is 9.96. The van der Waals surface area contributed by atoms with Crippen molar-refractivity contribution in [3.05, 3.63) is 65.5 Å². The summed E-state index contributed by atoms with van der Waals surface area (Å²) in [7, 11) is 0. The van der Waals surface area contributed by atoms with Gasteiger partial charge in [0.25, 0.3) is 0 Å². The van der Waals surface area contributed by atoms with Crippen molar-refractivity contribution in [2.45, 2.75) is 6.42 Å². The number of carbonyl (C=O) groups is 1. The van der Waals surface area contributed by atoms with E-state index in [4.69, 9.17) is 0 Å². The Morgan fingerprint density at radius 3 is 2.15 bits per heavy atom. The third kappa shape index (κ3) is 4.09. The van der Waals surface area contributed by atoms with Gasteiger partial charge < -0.3 is 15.1 Å². The molecule has 2 amide bonds. The molecule has 0 bridgehead atoms. The van der Waals surface area contributed by atoms with Gasteiger partial charge in [0.05, 0.1) is 0 Å². The SMILES string of the molecule is O=C(NCCc1ccccc1F)N1CCN(c2c(F)cccc2F)CC1. The maximum Gasteiger partial charge on any atom is 0.317 e. The second-order valence-electron chi connectivity index (χ2n) is 6.12. The molecule has 2 aromatic rings. The lowest BCUT2D eigenvalue weighted by Crippen LogP contribution is -2.52. The van der Waals surface area contributed by atoms with Gasteiger partial charge in [-0.3, -0.25) is 0 Å². The number of anilines is 1. The zero-order valence-corrected chi connectivity index (χ0v) is 14.2. The Labute approximate surface area is 150 Å². The summed E-state index contributed by atoms with van der Waals surface area (Å²) in [6.07, 6.45) is 0.402. The smallest absolute Gasteiger partial charge is 0.317 e. The average Bonchev–Trinajstić information content (AvgIpc) is 2.63. The maximum atomic E-state index is 13.8. The second-order valence-corrected chi connectivity index (χ2v) is 6.12. The minimum Gasteiger partial charge on any atom is -0.363 e. The Morgan fingerprint density at radius 2 is 1.50 bits per heavy atom. The highest BCUT2D eigenvalue weighted by Gasteiger charge is 2.24. The number of benzene rings is 2. The van der Waals surface area contributed by atoms with Crippen molar-refractivity contribution >= 4 is 11.7 Å². The molecular weight excluding hydrogens is 343 g/mol. The molecule has 0 aliphatic carbocycles. The number of para-hydroxylation sites is 1. The van der Waals surface area contributed by atoms with Gasteiger partial charge in [-0.25, -0.2) is 18.0 Å². The number of hydrogen-bond acceptors (Lipinski definition) is 2. The average molecular weight is 363 g/mol. The van der Waals surface area contributed by atoms with Gasteiger partial charge in [0, 0.05) is 32.7 Å². The van der Waals surface area contributed by atoms with E-state index in [1.54, 1.807) is 28.0 Å². The third-order valence-corrected chi connectivity index (χ3v) is 4.45. The van der Waals surface area contributed by atoms with Crippen LogP contribution in [0.4, 0.5) is 23.7 Å². The predicted molar refractivity (Wildman–Crippen MR) is 93.6 cm³/mol. The van der Waals surface area contributed by atoms with Crippen molar-refractivity contribution in [3.8, 4) is 0 Å². The van der Waals surface area contributed by atoms with Gasteiger partial charge in [0.15, 0.2) is 0 Å². The van der Waals surface area contributed by atoms with E-state index in [1.165, 1.54) is 24.3 Å². The lowest BCUT2D eigenvalue weighted by Gasteiger charge is -2.36. The summed E-state index contributed by atoms with van der Waals surface area (Å²) >= 11 is 0. The maximum absolute atomic E-state index is 13.8. The van der Waals surface area contributed by atoms with Crippen molar-refractivity contribution in [1.82, 2.24) is 10.2 Å². The third-order valence-electron chi connectivity index (χ3n) is 4.45. The van der Waals surface area contributed by atoms with E-state index in [0.29, 0.717) is 44.7 Å². The van der Waals surface area contributed by atoms with Crippen LogP contribution in [0.5, 0.6) is 0 Å². The summed E-state index contributed by atoms with van der Waals surface area (Å²) in [5.74, 6) is -1.50. The van der Waals surface area contributed by atoms with E-state index in [0.717, 1.165) is 0 Å². The van der Waals surface area contributed by atoms with Gasteiger partial charge in [-0.15, -0.1) is 0 Å². The number of nitrogens with zero attached hydrogens (tertiary/aromatic N) is 2. The highest BCUT2D eigenvalue weighted by molar-refractivity contribution is 5.74. The van der Waals surface area contributed by atoms with Gasteiger partial charge in [0.2, 0.25) is 0 Å². The largest absolute Gasteiger partial charge is 0.363 e. The quantitative estimate of drug-likeness (QED) is 0.906. The van der Waals surface area contributed by atoms with Gasteiger partial charge >= 0.3 is 6.03 Å². The molecule has 1 aliphatic rings. The lowest BCUT2D eigenvalue weighted by atomic mass is 10.1. The molecule has 0 aromatic heterocycles. The summed E-state index contributed by atoms with van der Waals surface area (Å²) in [6.45, 7) is 1.73. The normalized spacial score (nSPS) is 14.4. The molecule has 0 spiro atoms. The highest BCUT2D eigenvalue weighted by atomic mass is 19.1. The molecule has 7 heteroatoms. The van der Waals surface area contributed by atoms with Crippen molar-refractivity contribution in [3.63, 3.8) is 0 Å². The Morgan fingerprint density at radius 1 is 0.885 bits per heavy atom. The molecule has 4 nitrogen and oxygen atoms in total. The second kappa shape index (κ2) is 8.12. The predicted octanol–water partition coefficient (Wildman–Crippen LogP) is 3.18. The van der Waals surface area contributed by atoms with Crippen LogP contribution >= 0.6 is 0 Å². The van der Waals surface area contributed by atoms with Gasteiger partial charge in [-0.05, 0) is 30.2 Å². The van der Waals surface area contributed by atoms with Crippen LogP contribution < -0.4 is 10.2 Å². The Bertz CT molecular complexity index is 756. The molecule has 0 unspecified atom stereocenters. The summed E-state index contributed by atoms with van der Waals surface area (Å²) < 4.78 is 41.2. The summed E-state index contributed by atoms with van der Waals surface area (Å²) in [5.41, 5.74) is 0.500. The molecule has 1 fully saturated rings. The van der Waals surface area contributed by atoms with E-state index >= 15 is 0 Å². The fraction of sp³-hybridized carbons (Fsp3) is 0.316. The molecule has 0 atom stereocenters. The van der Waals surface area contributed by atoms with Crippen LogP contribution in [0.2, 0.25) is 0 Å². The van der Waals surface area contributed by atoms with E-state index in [1.807, 2.05) is 0 Å². The number of rotatable bonds is 4. The van der Waals surface area contributed by atoms with E-state index in [2.05, 4.69) is 5.32 Å². The number of amides is 2. The number of piperazine rings is 1. The molecule has 1 N–H and O–H groups in total. The molecule has 1 saturated heterocycles. The molecule has 0 radical (unpaired) electrons. The van der Waals surface area contributed by atoms with Gasteiger partial charge in [-0.2, -0.15) is 0 Å². The zero-order chi connectivity index (χ0) is 18.5. The Kier molecular flexibility index (Phi) is 5.65. The number of nitrogens with one attached hydrogen (secondary N) is 1. The van der Waals surface area contributed by atoms with Crippen LogP contribution in [0.15, 0.2) is 42.5 Å². The highest BCUT2D eigenvalue weighted by Crippen LogP contribution is 2.24. The summed E-state index contributed by atoms with van der Waals surface area (Å²) in [4.78, 5) is 15.4. The van der Waals surface area contributed by atoms with E-state index < -0.39 is 11.6 Å². The van der Waals surface area contributed by atoms with Crippen molar-refractivity contribution in [2.24, 2.45) is 0 Å². The first-order chi connectivity index (χ1) is 12.6. The molecule has 0 saturated carbocycles. The van der Waals surface area contributed by atoms with Gasteiger partial charge in [0.1, 0.15) is 23.1 Å². The fourth-order valence-electron chi connectivity index (χ4n) is 3.04. The number of hydrogen-bond donors (Lipinski definition) is 1. The van der Waals surface area contributed by atoms with Crippen LogP contribution in [0.1, 0.15) is 5.56 Å². The van der Waals surface area contributed by atoms with Crippen molar-refractivity contribution in [1.29, 1.82) is 0 Å². The minimum atomic E-state index is -0.604. The first-order valence-electron chi connectivity index (χ1n) is 8.51. The minimum absolute atomic E-state index is 0.0490. The van der Waals surface area contributed by atoms with E-state index in [9.17, 15) is 18.0 Å². The number of carbonyl (C=O) groups excluding carboxylic acids is 1. The van der Waals surface area contributed by atoms with Crippen molar-refractivity contribution in [2.75, 3.05) is 37.6 Å². The number of halogens is 3. The summed E-state index contributed by atoms with van der Waals surface area (Å²) in [5, 5.41) is 2.76. The van der Waals surface area contributed by atoms with Crippen molar-refractivity contribution < 1.29 is 18.0 Å². The standard InChI is InChI=1S/C19H20F3N3O/c20-15-5-2-1-4-14(15)8-9-23-19(26)25-12-10-24(11-13-25)18-16(21)6-3-7-17(18)22/h1-7H,8-13H2,(H,23,26). The van der Waals surface area contributed by atoms with E-state index in [-0.39, 0.29) is 17.5 Å². The topological polar surface area (TPSA) is 35.6 Å². The monoisotopic (exact) mass is 363 g/mol. The number of urea groups is 1. The van der Waals surface area contributed by atoms with Crippen LogP contribution in [0.3, 0.4) is 0 Å². The molecular formula is C19H20F3N3O. The Balaban J connectivity index is 1.49.